The molecule has 2 heterocycles. The largest absolute Gasteiger partial charge is 0.443 e. The molecule has 144 valence electrons. The molecule has 0 N–H and O–H groups in total. The monoisotopic (exact) mass is 396 g/mol. The maximum atomic E-state index is 12.9. The number of aromatic nitrogens is 3. The van der Waals surface area contributed by atoms with Gasteiger partial charge in [-0.2, -0.15) is 0 Å². The summed E-state index contributed by atoms with van der Waals surface area (Å²) >= 11 is 6.00. The number of hydrogen-bond donors (Lipinski definition) is 0. The molecule has 6 nitrogen and oxygen atoms in total. The van der Waals surface area contributed by atoms with Crippen LogP contribution in [0.4, 0.5) is 16.3 Å². The number of hydrogen-bond acceptors (Lipinski definition) is 5. The Morgan fingerprint density at radius 1 is 1.00 bits per heavy atom. The van der Waals surface area contributed by atoms with Gasteiger partial charge in [0.15, 0.2) is 5.82 Å². The van der Waals surface area contributed by atoms with E-state index >= 15 is 0 Å². The molecule has 0 radical (unpaired) electrons. The number of pyridine rings is 1. The third-order valence-corrected chi connectivity index (χ3v) is 3.91. The van der Waals surface area contributed by atoms with Crippen LogP contribution in [-0.2, 0) is 4.74 Å². The van der Waals surface area contributed by atoms with Crippen molar-refractivity contribution in [3.05, 3.63) is 65.6 Å². The van der Waals surface area contributed by atoms with Crippen LogP contribution in [0.3, 0.4) is 0 Å². The average Bonchev–Trinajstić information content (AvgIpc) is 2.62. The SMILES string of the molecule is Cc1cccc(-c2cncc(N(C(=O)OC(C)(C)C)c3ccc(Cl)cc3)n2)n1. The van der Waals surface area contributed by atoms with Gasteiger partial charge in [0.25, 0.3) is 0 Å². The van der Waals surface area contributed by atoms with Gasteiger partial charge in [0.1, 0.15) is 11.3 Å². The normalized spacial score (nSPS) is 11.2. The Morgan fingerprint density at radius 3 is 2.36 bits per heavy atom. The molecule has 1 amide bonds. The Hall–Kier alpha value is -2.99. The molecule has 28 heavy (non-hydrogen) atoms. The fourth-order valence-electron chi connectivity index (χ4n) is 2.50. The van der Waals surface area contributed by atoms with E-state index in [2.05, 4.69) is 15.0 Å². The van der Waals surface area contributed by atoms with Gasteiger partial charge in [-0.15, -0.1) is 0 Å². The van der Waals surface area contributed by atoms with Crippen LogP contribution < -0.4 is 4.90 Å². The quantitative estimate of drug-likeness (QED) is 0.578. The van der Waals surface area contributed by atoms with Crippen LogP contribution in [0.25, 0.3) is 11.4 Å². The lowest BCUT2D eigenvalue weighted by Gasteiger charge is -2.26. The van der Waals surface area contributed by atoms with Gasteiger partial charge in [-0.3, -0.25) is 9.97 Å². The molecular weight excluding hydrogens is 376 g/mol. The maximum Gasteiger partial charge on any atom is 0.420 e. The first-order valence-electron chi connectivity index (χ1n) is 8.78. The first-order valence-corrected chi connectivity index (χ1v) is 9.15. The fraction of sp³-hybridized carbons (Fsp3) is 0.238. The van der Waals surface area contributed by atoms with E-state index in [1.807, 2.05) is 45.9 Å². The second-order valence-electron chi connectivity index (χ2n) is 7.22. The van der Waals surface area contributed by atoms with Gasteiger partial charge in [-0.1, -0.05) is 17.7 Å². The summed E-state index contributed by atoms with van der Waals surface area (Å²) in [4.78, 5) is 27.6. The molecule has 0 bridgehead atoms. The van der Waals surface area contributed by atoms with Gasteiger partial charge in [-0.25, -0.2) is 14.7 Å². The summed E-state index contributed by atoms with van der Waals surface area (Å²) in [6, 6.07) is 12.5. The van der Waals surface area contributed by atoms with Crippen LogP contribution in [0.1, 0.15) is 26.5 Å². The van der Waals surface area contributed by atoms with Crippen molar-refractivity contribution in [2.45, 2.75) is 33.3 Å². The van der Waals surface area contributed by atoms with E-state index in [1.165, 1.54) is 11.1 Å². The van der Waals surface area contributed by atoms with Crippen molar-refractivity contribution in [1.82, 2.24) is 15.0 Å². The van der Waals surface area contributed by atoms with Crippen LogP contribution in [0.2, 0.25) is 5.02 Å². The van der Waals surface area contributed by atoms with Crippen molar-refractivity contribution < 1.29 is 9.53 Å². The van der Waals surface area contributed by atoms with Crippen molar-refractivity contribution in [1.29, 1.82) is 0 Å². The molecule has 0 unspecified atom stereocenters. The lowest BCUT2D eigenvalue weighted by atomic mass is 10.2. The summed E-state index contributed by atoms with van der Waals surface area (Å²) in [6.07, 6.45) is 2.57. The minimum absolute atomic E-state index is 0.331. The number of amides is 1. The van der Waals surface area contributed by atoms with Crippen molar-refractivity contribution in [2.24, 2.45) is 0 Å². The molecular formula is C21H21ClN4O2. The minimum atomic E-state index is -0.662. The number of nitrogens with zero attached hydrogens (tertiary/aromatic N) is 4. The maximum absolute atomic E-state index is 12.9. The summed E-state index contributed by atoms with van der Waals surface area (Å²) in [7, 11) is 0. The predicted octanol–water partition coefficient (Wildman–Crippen LogP) is 5.57. The molecule has 0 aliphatic heterocycles. The molecule has 0 aliphatic rings. The van der Waals surface area contributed by atoms with Crippen molar-refractivity contribution >= 4 is 29.2 Å². The lowest BCUT2D eigenvalue weighted by molar-refractivity contribution is 0.0598. The van der Waals surface area contributed by atoms with E-state index in [1.54, 1.807) is 30.5 Å². The predicted molar refractivity (Wildman–Crippen MR) is 110 cm³/mol. The van der Waals surface area contributed by atoms with Crippen molar-refractivity contribution in [2.75, 3.05) is 4.90 Å². The highest BCUT2D eigenvalue weighted by molar-refractivity contribution is 6.30. The highest BCUT2D eigenvalue weighted by atomic mass is 35.5. The second-order valence-corrected chi connectivity index (χ2v) is 7.66. The Labute approximate surface area is 169 Å². The smallest absolute Gasteiger partial charge is 0.420 e. The van der Waals surface area contributed by atoms with Crippen LogP contribution in [0.15, 0.2) is 54.9 Å². The van der Waals surface area contributed by atoms with E-state index in [4.69, 9.17) is 16.3 Å². The Balaban J connectivity index is 2.06. The number of anilines is 2. The third-order valence-electron chi connectivity index (χ3n) is 3.66. The van der Waals surface area contributed by atoms with Gasteiger partial charge in [0.2, 0.25) is 0 Å². The minimum Gasteiger partial charge on any atom is -0.443 e. The van der Waals surface area contributed by atoms with Gasteiger partial charge >= 0.3 is 6.09 Å². The first-order chi connectivity index (χ1) is 13.2. The van der Waals surface area contributed by atoms with Gasteiger partial charge in [0, 0.05) is 10.7 Å². The van der Waals surface area contributed by atoms with E-state index in [0.29, 0.717) is 27.9 Å². The molecule has 2 aromatic heterocycles. The zero-order chi connectivity index (χ0) is 20.3. The summed E-state index contributed by atoms with van der Waals surface area (Å²) < 4.78 is 5.57. The summed E-state index contributed by atoms with van der Waals surface area (Å²) in [5.74, 6) is 0.331. The summed E-state index contributed by atoms with van der Waals surface area (Å²) in [5, 5.41) is 0.566. The molecule has 3 aromatic rings. The molecule has 3 rings (SSSR count). The van der Waals surface area contributed by atoms with Crippen LogP contribution in [-0.4, -0.2) is 26.6 Å². The number of carbonyl (C=O) groups excluding carboxylic acids is 1. The number of aryl methyl sites for hydroxylation is 1. The Bertz CT molecular complexity index is 984. The highest BCUT2D eigenvalue weighted by Crippen LogP contribution is 2.28. The zero-order valence-electron chi connectivity index (χ0n) is 16.2. The molecule has 0 saturated carbocycles. The van der Waals surface area contributed by atoms with Crippen LogP contribution in [0, 0.1) is 6.92 Å². The number of halogens is 1. The molecule has 0 atom stereocenters. The Morgan fingerprint density at radius 2 is 1.71 bits per heavy atom. The van der Waals surface area contributed by atoms with E-state index in [9.17, 15) is 4.79 Å². The average molecular weight is 397 g/mol. The van der Waals surface area contributed by atoms with Crippen LogP contribution >= 0.6 is 11.6 Å². The molecule has 0 aliphatic carbocycles. The zero-order valence-corrected chi connectivity index (χ0v) is 16.9. The molecule has 1 aromatic carbocycles. The Kier molecular flexibility index (Phi) is 5.61. The molecule has 7 heteroatoms. The number of carbonyl (C=O) groups is 1. The van der Waals surface area contributed by atoms with Gasteiger partial charge < -0.3 is 4.74 Å². The van der Waals surface area contributed by atoms with Crippen molar-refractivity contribution in [3.8, 4) is 11.4 Å². The third kappa shape index (κ3) is 4.84. The standard InChI is InChI=1S/C21H21ClN4O2/c1-14-6-5-7-17(24-14)18-12-23-13-19(25-18)26(20(27)28-21(2,3)4)16-10-8-15(22)9-11-16/h5-13H,1-4H3. The molecule has 0 spiro atoms. The first kappa shape index (κ1) is 19.8. The van der Waals surface area contributed by atoms with Gasteiger partial charge in [0.05, 0.1) is 23.8 Å². The number of rotatable bonds is 3. The van der Waals surface area contributed by atoms with E-state index < -0.39 is 11.7 Å². The van der Waals surface area contributed by atoms with Crippen molar-refractivity contribution in [3.63, 3.8) is 0 Å². The highest BCUT2D eigenvalue weighted by Gasteiger charge is 2.26. The second kappa shape index (κ2) is 7.94. The van der Waals surface area contributed by atoms with E-state index in [0.717, 1.165) is 5.69 Å². The molecule has 0 fully saturated rings. The van der Waals surface area contributed by atoms with Crippen LogP contribution in [0.5, 0.6) is 0 Å². The lowest BCUT2D eigenvalue weighted by Crippen LogP contribution is -2.34. The fourth-order valence-corrected chi connectivity index (χ4v) is 2.63. The number of benzene rings is 1. The summed E-state index contributed by atoms with van der Waals surface area (Å²) in [5.41, 5.74) is 2.01. The topological polar surface area (TPSA) is 68.2 Å². The van der Waals surface area contributed by atoms with E-state index in [-0.39, 0.29) is 0 Å². The molecule has 0 saturated heterocycles. The van der Waals surface area contributed by atoms with Gasteiger partial charge in [-0.05, 0) is 64.1 Å². The number of ether oxygens (including phenoxy) is 1. The summed E-state index contributed by atoms with van der Waals surface area (Å²) in [6.45, 7) is 7.33.